The number of nitrogens with one attached hydrogen (secondary N) is 1. The van der Waals surface area contributed by atoms with Crippen molar-refractivity contribution in [1.29, 1.82) is 0 Å². The first kappa shape index (κ1) is 23.1. The molecule has 166 valence electrons. The lowest BCUT2D eigenvalue weighted by Gasteiger charge is -2.11. The zero-order valence-corrected chi connectivity index (χ0v) is 19.1. The van der Waals surface area contributed by atoms with Crippen LogP contribution in [0.25, 0.3) is 11.0 Å². The highest BCUT2D eigenvalue weighted by Crippen LogP contribution is 2.28. The fourth-order valence-electron chi connectivity index (χ4n) is 3.07. The summed E-state index contributed by atoms with van der Waals surface area (Å²) in [4.78, 5) is 17.1. The molecule has 0 aliphatic heterocycles. The second kappa shape index (κ2) is 10.2. The Bertz CT molecular complexity index is 1180. The summed E-state index contributed by atoms with van der Waals surface area (Å²) in [6, 6.07) is 11.9. The number of nitrogens with zero attached hydrogens (tertiary/aromatic N) is 2. The monoisotopic (exact) mass is 462 g/mol. The van der Waals surface area contributed by atoms with Crippen molar-refractivity contribution in [3.63, 3.8) is 0 Å². The average molecular weight is 463 g/mol. The van der Waals surface area contributed by atoms with Gasteiger partial charge in [0.2, 0.25) is 15.9 Å². The van der Waals surface area contributed by atoms with Crippen molar-refractivity contribution >= 4 is 44.4 Å². The van der Waals surface area contributed by atoms with Crippen LogP contribution in [0.5, 0.6) is 5.75 Å². The largest absolute Gasteiger partial charge is 0.492 e. The van der Waals surface area contributed by atoms with E-state index in [-0.39, 0.29) is 16.6 Å². The average Bonchev–Trinajstić information content (AvgIpc) is 3.08. The molecule has 0 bridgehead atoms. The molecular formula is C21H26N4O4S2. The van der Waals surface area contributed by atoms with Crippen molar-refractivity contribution < 1.29 is 17.9 Å². The van der Waals surface area contributed by atoms with Gasteiger partial charge in [0.1, 0.15) is 5.75 Å². The molecule has 1 heterocycles. The molecule has 31 heavy (non-hydrogen) atoms. The van der Waals surface area contributed by atoms with Gasteiger partial charge in [-0.15, -0.1) is 0 Å². The third-order valence-corrected chi connectivity index (χ3v) is 6.43. The predicted molar refractivity (Wildman–Crippen MR) is 123 cm³/mol. The Kier molecular flexibility index (Phi) is 7.58. The van der Waals surface area contributed by atoms with Gasteiger partial charge in [-0.25, -0.2) is 18.5 Å². The molecule has 0 saturated heterocycles. The van der Waals surface area contributed by atoms with Gasteiger partial charge in [-0.3, -0.25) is 4.79 Å². The van der Waals surface area contributed by atoms with Crippen LogP contribution in [0.3, 0.4) is 0 Å². The maximum atomic E-state index is 12.5. The van der Waals surface area contributed by atoms with Crippen LogP contribution < -0.4 is 15.2 Å². The zero-order valence-electron chi connectivity index (χ0n) is 17.5. The Morgan fingerprint density at radius 1 is 1.23 bits per heavy atom. The van der Waals surface area contributed by atoms with Crippen molar-refractivity contribution in [2.45, 2.75) is 43.3 Å². The number of ether oxygens (including phenoxy) is 1. The van der Waals surface area contributed by atoms with Gasteiger partial charge in [-0.2, -0.15) is 0 Å². The van der Waals surface area contributed by atoms with Crippen LogP contribution in [0.15, 0.2) is 52.5 Å². The summed E-state index contributed by atoms with van der Waals surface area (Å²) in [5, 5.41) is 8.78. The first-order valence-corrected chi connectivity index (χ1v) is 12.5. The minimum Gasteiger partial charge on any atom is -0.492 e. The van der Waals surface area contributed by atoms with E-state index in [4.69, 9.17) is 9.88 Å². The number of primary sulfonamides is 1. The topological polar surface area (TPSA) is 116 Å². The van der Waals surface area contributed by atoms with Crippen LogP contribution in [0, 0.1) is 0 Å². The summed E-state index contributed by atoms with van der Waals surface area (Å²) in [7, 11) is -3.82. The molecule has 3 aromatic rings. The van der Waals surface area contributed by atoms with Crippen molar-refractivity contribution in [3.05, 3.63) is 42.5 Å². The van der Waals surface area contributed by atoms with Gasteiger partial charge in [-0.05, 0) is 43.7 Å². The number of sulfonamides is 1. The standard InChI is InChI=1S/C21H26N4O4S2/c1-3-5-12-25-18-11-10-15(31(22,27)28)13-17(18)24-21(25)30-14-20(26)23-16-8-6-7-9-19(16)29-4-2/h6-11,13H,3-5,12,14H2,1-2H3,(H,23,26)(H2,22,27,28). The SMILES string of the molecule is CCCCn1c(SCC(=O)Nc2ccccc2OCC)nc2cc(S(N)(=O)=O)ccc21. The summed E-state index contributed by atoms with van der Waals surface area (Å²) in [5.41, 5.74) is 1.96. The van der Waals surface area contributed by atoms with Crippen LogP contribution in [0.4, 0.5) is 5.69 Å². The van der Waals surface area contributed by atoms with Crippen molar-refractivity contribution in [1.82, 2.24) is 9.55 Å². The van der Waals surface area contributed by atoms with Gasteiger partial charge in [0.05, 0.1) is 34.0 Å². The molecule has 2 aromatic carbocycles. The zero-order chi connectivity index (χ0) is 22.4. The Balaban J connectivity index is 1.80. The highest BCUT2D eigenvalue weighted by atomic mass is 32.2. The number of nitrogens with two attached hydrogens (primary N) is 1. The van der Waals surface area contributed by atoms with E-state index in [0.717, 1.165) is 24.9 Å². The number of unbranched alkanes of at least 4 members (excludes halogenated alkanes) is 1. The molecule has 3 N–H and O–H groups in total. The van der Waals surface area contributed by atoms with E-state index in [0.29, 0.717) is 28.7 Å². The first-order valence-electron chi connectivity index (χ1n) is 10.0. The van der Waals surface area contributed by atoms with Crippen molar-refractivity contribution in [3.8, 4) is 5.75 Å². The number of benzene rings is 2. The highest BCUT2D eigenvalue weighted by Gasteiger charge is 2.16. The second-order valence-corrected chi connectivity index (χ2v) is 9.37. The molecule has 3 rings (SSSR count). The molecular weight excluding hydrogens is 436 g/mol. The van der Waals surface area contributed by atoms with E-state index < -0.39 is 10.0 Å². The van der Waals surface area contributed by atoms with Gasteiger partial charge < -0.3 is 14.6 Å². The molecule has 0 saturated carbocycles. The van der Waals surface area contributed by atoms with Crippen molar-refractivity contribution in [2.75, 3.05) is 17.7 Å². The van der Waals surface area contributed by atoms with Gasteiger partial charge in [0, 0.05) is 6.54 Å². The molecule has 0 radical (unpaired) electrons. The number of amides is 1. The maximum absolute atomic E-state index is 12.5. The Labute approximate surface area is 186 Å². The third-order valence-electron chi connectivity index (χ3n) is 4.54. The molecule has 0 aliphatic rings. The van der Waals surface area contributed by atoms with Crippen molar-refractivity contribution in [2.24, 2.45) is 5.14 Å². The normalized spacial score (nSPS) is 11.6. The number of rotatable bonds is 10. The second-order valence-electron chi connectivity index (χ2n) is 6.86. The van der Waals surface area contributed by atoms with Crippen LogP contribution >= 0.6 is 11.8 Å². The van der Waals surface area contributed by atoms with Crippen LogP contribution in [-0.4, -0.2) is 36.2 Å². The quantitative estimate of drug-likeness (QED) is 0.445. The lowest BCUT2D eigenvalue weighted by molar-refractivity contribution is -0.113. The smallest absolute Gasteiger partial charge is 0.238 e. The molecule has 0 fully saturated rings. The molecule has 8 nitrogen and oxygen atoms in total. The number of imidazole rings is 1. The summed E-state index contributed by atoms with van der Waals surface area (Å²) in [6.07, 6.45) is 1.93. The minimum absolute atomic E-state index is 0.0157. The minimum atomic E-state index is -3.82. The van der Waals surface area contributed by atoms with E-state index in [1.165, 1.54) is 23.9 Å². The van der Waals surface area contributed by atoms with E-state index in [9.17, 15) is 13.2 Å². The number of para-hydroxylation sites is 2. The van der Waals surface area contributed by atoms with E-state index in [2.05, 4.69) is 17.2 Å². The first-order chi connectivity index (χ1) is 14.8. The van der Waals surface area contributed by atoms with E-state index in [1.54, 1.807) is 18.2 Å². The van der Waals surface area contributed by atoms with Gasteiger partial charge >= 0.3 is 0 Å². The number of aryl methyl sites for hydroxylation is 1. The summed E-state index contributed by atoms with van der Waals surface area (Å²) in [5.74, 6) is 0.586. The molecule has 0 unspecified atom stereocenters. The molecule has 0 aliphatic carbocycles. The maximum Gasteiger partial charge on any atom is 0.238 e. The van der Waals surface area contributed by atoms with Gasteiger partial charge in [-0.1, -0.05) is 37.2 Å². The van der Waals surface area contributed by atoms with E-state index >= 15 is 0 Å². The number of thioether (sulfide) groups is 1. The number of carbonyl (C=O) groups is 1. The Morgan fingerprint density at radius 3 is 2.71 bits per heavy atom. The van der Waals surface area contributed by atoms with Crippen LogP contribution in [0.1, 0.15) is 26.7 Å². The summed E-state index contributed by atoms with van der Waals surface area (Å²) < 4.78 is 30.9. The number of anilines is 1. The third kappa shape index (κ3) is 5.78. The van der Waals surface area contributed by atoms with Gasteiger partial charge in [0.15, 0.2) is 5.16 Å². The number of carbonyl (C=O) groups excluding carboxylic acids is 1. The molecule has 1 amide bonds. The number of hydrogen-bond donors (Lipinski definition) is 2. The number of fused-ring (bicyclic) bond motifs is 1. The Morgan fingerprint density at radius 2 is 2.00 bits per heavy atom. The molecule has 1 aromatic heterocycles. The fraction of sp³-hybridized carbons (Fsp3) is 0.333. The fourth-order valence-corrected chi connectivity index (χ4v) is 4.45. The van der Waals surface area contributed by atoms with Gasteiger partial charge in [0.25, 0.3) is 0 Å². The molecule has 0 spiro atoms. The number of hydrogen-bond acceptors (Lipinski definition) is 6. The highest BCUT2D eigenvalue weighted by molar-refractivity contribution is 7.99. The lowest BCUT2D eigenvalue weighted by Crippen LogP contribution is -2.15. The van der Waals surface area contributed by atoms with E-state index in [1.807, 2.05) is 23.6 Å². The molecule has 10 heteroatoms. The van der Waals surface area contributed by atoms with Crippen LogP contribution in [-0.2, 0) is 21.4 Å². The Hall–Kier alpha value is -2.56. The lowest BCUT2D eigenvalue weighted by atomic mass is 10.3. The number of aromatic nitrogens is 2. The summed E-state index contributed by atoms with van der Waals surface area (Å²) in [6.45, 7) is 5.20. The molecule has 0 atom stereocenters. The summed E-state index contributed by atoms with van der Waals surface area (Å²) >= 11 is 1.30. The predicted octanol–water partition coefficient (Wildman–Crippen LogP) is 3.61. The van der Waals surface area contributed by atoms with Crippen LogP contribution in [0.2, 0.25) is 0 Å².